The van der Waals surface area contributed by atoms with Crippen LogP contribution in [0.2, 0.25) is 10.0 Å². The summed E-state index contributed by atoms with van der Waals surface area (Å²) in [5.41, 5.74) is 1.05. The summed E-state index contributed by atoms with van der Waals surface area (Å²) in [6, 6.07) is 5.26. The first-order chi connectivity index (χ1) is 7.78. The van der Waals surface area contributed by atoms with Gasteiger partial charge < -0.3 is 0 Å². The largest absolute Gasteiger partial charge is 0.299 e. The summed E-state index contributed by atoms with van der Waals surface area (Å²) in [7, 11) is 0. The fourth-order valence-electron chi connectivity index (χ4n) is 1.48. The topological polar surface area (TPSA) is 17.1 Å². The second kappa shape index (κ2) is 5.88. The molecule has 1 aromatic carbocycles. The molecule has 0 unspecified atom stereocenters. The molecular formula is C14H18Cl2O. The molecule has 0 radical (unpaired) electrons. The molecule has 3 heteroatoms. The molecule has 0 N–H and O–H groups in total. The summed E-state index contributed by atoms with van der Waals surface area (Å²) < 4.78 is 0. The Labute approximate surface area is 113 Å². The van der Waals surface area contributed by atoms with E-state index in [0.717, 1.165) is 12.0 Å². The van der Waals surface area contributed by atoms with Gasteiger partial charge in [-0.1, -0.05) is 50.0 Å². The summed E-state index contributed by atoms with van der Waals surface area (Å²) in [6.07, 6.45) is 1.89. The quantitative estimate of drug-likeness (QED) is 0.760. The molecule has 0 amide bonds. The van der Waals surface area contributed by atoms with Gasteiger partial charge in [-0.3, -0.25) is 4.79 Å². The zero-order valence-electron chi connectivity index (χ0n) is 10.5. The molecule has 1 nitrogen and oxygen atoms in total. The second-order valence-corrected chi connectivity index (χ2v) is 6.36. The van der Waals surface area contributed by atoms with Crippen LogP contribution in [0.5, 0.6) is 0 Å². The Morgan fingerprint density at radius 1 is 1.24 bits per heavy atom. The fraction of sp³-hybridized carbons (Fsp3) is 0.500. The third-order valence-electron chi connectivity index (χ3n) is 2.56. The SMILES string of the molecule is CC(C)(C)CCC(=O)Cc1ccc(Cl)cc1Cl. The molecule has 0 saturated heterocycles. The molecule has 1 rings (SSSR count). The molecule has 0 bridgehead atoms. The number of hydrogen-bond donors (Lipinski definition) is 0. The Hall–Kier alpha value is -0.530. The molecule has 1 aromatic rings. The van der Waals surface area contributed by atoms with E-state index in [9.17, 15) is 4.79 Å². The van der Waals surface area contributed by atoms with E-state index in [-0.39, 0.29) is 11.2 Å². The molecule has 0 spiro atoms. The van der Waals surface area contributed by atoms with Gasteiger partial charge >= 0.3 is 0 Å². The van der Waals surface area contributed by atoms with E-state index >= 15 is 0 Å². The normalized spacial score (nSPS) is 11.6. The van der Waals surface area contributed by atoms with Gasteiger partial charge in [0.15, 0.2) is 0 Å². The van der Waals surface area contributed by atoms with Crippen LogP contribution in [0.1, 0.15) is 39.2 Å². The van der Waals surface area contributed by atoms with Crippen molar-refractivity contribution in [2.24, 2.45) is 5.41 Å². The van der Waals surface area contributed by atoms with Crippen LogP contribution in [0.15, 0.2) is 18.2 Å². The van der Waals surface area contributed by atoms with E-state index < -0.39 is 0 Å². The number of carbonyl (C=O) groups excluding carboxylic acids is 1. The minimum Gasteiger partial charge on any atom is -0.299 e. The van der Waals surface area contributed by atoms with Crippen LogP contribution in [-0.2, 0) is 11.2 Å². The first-order valence-electron chi connectivity index (χ1n) is 5.73. The molecule has 0 aliphatic carbocycles. The van der Waals surface area contributed by atoms with Crippen molar-refractivity contribution in [3.05, 3.63) is 33.8 Å². The summed E-state index contributed by atoms with van der Waals surface area (Å²) in [5.74, 6) is 0.226. The molecule has 17 heavy (non-hydrogen) atoms. The number of benzene rings is 1. The first-order valence-corrected chi connectivity index (χ1v) is 6.49. The monoisotopic (exact) mass is 272 g/mol. The maximum absolute atomic E-state index is 11.8. The Kier molecular flexibility index (Phi) is 5.03. The number of carbonyl (C=O) groups is 1. The van der Waals surface area contributed by atoms with Crippen LogP contribution >= 0.6 is 23.2 Å². The van der Waals surface area contributed by atoms with E-state index in [1.807, 2.05) is 6.07 Å². The molecule has 94 valence electrons. The maximum Gasteiger partial charge on any atom is 0.137 e. The van der Waals surface area contributed by atoms with Crippen molar-refractivity contribution in [1.82, 2.24) is 0 Å². The average molecular weight is 273 g/mol. The van der Waals surface area contributed by atoms with Gasteiger partial charge in [0.1, 0.15) is 5.78 Å². The molecule has 0 aliphatic heterocycles. The zero-order valence-corrected chi connectivity index (χ0v) is 12.0. The Morgan fingerprint density at radius 2 is 1.88 bits per heavy atom. The lowest BCUT2D eigenvalue weighted by molar-refractivity contribution is -0.118. The highest BCUT2D eigenvalue weighted by Gasteiger charge is 2.14. The lowest BCUT2D eigenvalue weighted by Gasteiger charge is -2.17. The zero-order chi connectivity index (χ0) is 13.1. The summed E-state index contributed by atoms with van der Waals surface area (Å²) in [5, 5.41) is 1.17. The van der Waals surface area contributed by atoms with Crippen molar-refractivity contribution >= 4 is 29.0 Å². The van der Waals surface area contributed by atoms with E-state index in [1.165, 1.54) is 0 Å². The predicted octanol–water partition coefficient (Wildman–Crippen LogP) is 4.93. The van der Waals surface area contributed by atoms with Gasteiger partial charge in [0, 0.05) is 22.9 Å². The summed E-state index contributed by atoms with van der Waals surface area (Å²) >= 11 is 11.8. The molecule has 0 fully saturated rings. The predicted molar refractivity (Wildman–Crippen MR) is 73.9 cm³/mol. The van der Waals surface area contributed by atoms with Crippen molar-refractivity contribution in [1.29, 1.82) is 0 Å². The minimum atomic E-state index is 0.194. The number of Topliss-reactive ketones (excluding diaryl/α,β-unsaturated/α-hetero) is 1. The van der Waals surface area contributed by atoms with Crippen LogP contribution < -0.4 is 0 Å². The van der Waals surface area contributed by atoms with Crippen LogP contribution in [0, 0.1) is 5.41 Å². The van der Waals surface area contributed by atoms with E-state index in [0.29, 0.717) is 22.9 Å². The average Bonchev–Trinajstić information content (AvgIpc) is 2.18. The van der Waals surface area contributed by atoms with Crippen molar-refractivity contribution in [2.45, 2.75) is 40.0 Å². The number of hydrogen-bond acceptors (Lipinski definition) is 1. The highest BCUT2D eigenvalue weighted by Crippen LogP contribution is 2.24. The molecule has 0 aliphatic rings. The van der Waals surface area contributed by atoms with Crippen LogP contribution in [-0.4, -0.2) is 5.78 Å². The van der Waals surface area contributed by atoms with Gasteiger partial charge in [-0.15, -0.1) is 0 Å². The molecular weight excluding hydrogens is 255 g/mol. The lowest BCUT2D eigenvalue weighted by atomic mass is 9.89. The third kappa shape index (κ3) is 5.56. The Bertz CT molecular complexity index is 405. The van der Waals surface area contributed by atoms with E-state index in [4.69, 9.17) is 23.2 Å². The van der Waals surface area contributed by atoms with Gasteiger partial charge in [0.25, 0.3) is 0 Å². The molecule has 0 saturated carbocycles. The third-order valence-corrected chi connectivity index (χ3v) is 3.14. The molecule has 0 atom stereocenters. The first kappa shape index (κ1) is 14.5. The van der Waals surface area contributed by atoms with Crippen LogP contribution in [0.3, 0.4) is 0 Å². The smallest absolute Gasteiger partial charge is 0.137 e. The van der Waals surface area contributed by atoms with Crippen LogP contribution in [0.4, 0.5) is 0 Å². The van der Waals surface area contributed by atoms with Crippen molar-refractivity contribution < 1.29 is 4.79 Å². The molecule has 0 heterocycles. The van der Waals surface area contributed by atoms with Crippen molar-refractivity contribution in [3.8, 4) is 0 Å². The van der Waals surface area contributed by atoms with E-state index in [2.05, 4.69) is 20.8 Å². The highest BCUT2D eigenvalue weighted by atomic mass is 35.5. The maximum atomic E-state index is 11.8. The lowest BCUT2D eigenvalue weighted by Crippen LogP contribution is -2.10. The fourth-order valence-corrected chi connectivity index (χ4v) is 1.96. The van der Waals surface area contributed by atoms with Crippen molar-refractivity contribution in [3.63, 3.8) is 0 Å². The van der Waals surface area contributed by atoms with E-state index in [1.54, 1.807) is 12.1 Å². The Balaban J connectivity index is 2.57. The Morgan fingerprint density at radius 3 is 2.41 bits per heavy atom. The van der Waals surface area contributed by atoms with Crippen LogP contribution in [0.25, 0.3) is 0 Å². The summed E-state index contributed by atoms with van der Waals surface area (Å²) in [6.45, 7) is 6.40. The van der Waals surface area contributed by atoms with Gasteiger partial charge in [0.05, 0.1) is 0 Å². The van der Waals surface area contributed by atoms with Crippen molar-refractivity contribution in [2.75, 3.05) is 0 Å². The second-order valence-electron chi connectivity index (χ2n) is 5.51. The minimum absolute atomic E-state index is 0.194. The highest BCUT2D eigenvalue weighted by molar-refractivity contribution is 6.35. The van der Waals surface area contributed by atoms with Gasteiger partial charge in [-0.2, -0.15) is 0 Å². The standard InChI is InChI=1S/C14H18Cl2O/c1-14(2,3)7-6-12(17)8-10-4-5-11(15)9-13(10)16/h4-5,9H,6-8H2,1-3H3. The number of halogens is 2. The van der Waals surface area contributed by atoms with Gasteiger partial charge in [0.2, 0.25) is 0 Å². The summed E-state index contributed by atoms with van der Waals surface area (Å²) in [4.78, 5) is 11.8. The number of rotatable bonds is 4. The van der Waals surface area contributed by atoms with Gasteiger partial charge in [-0.25, -0.2) is 0 Å². The van der Waals surface area contributed by atoms with Gasteiger partial charge in [-0.05, 0) is 29.5 Å². The number of ketones is 1. The molecule has 0 aromatic heterocycles.